The van der Waals surface area contributed by atoms with Crippen LogP contribution >= 0.6 is 27.5 Å². The first-order chi connectivity index (χ1) is 8.19. The zero-order valence-corrected chi connectivity index (χ0v) is 11.7. The van der Waals surface area contributed by atoms with Gasteiger partial charge in [-0.3, -0.25) is 4.79 Å². The maximum absolute atomic E-state index is 11.7. The summed E-state index contributed by atoms with van der Waals surface area (Å²) in [5.41, 5.74) is 0.946. The topological polar surface area (TPSA) is 26.3 Å². The lowest BCUT2D eigenvalue weighted by Gasteiger charge is -2.11. The molecule has 0 radical (unpaired) electrons. The molecule has 0 aliphatic heterocycles. The highest BCUT2D eigenvalue weighted by Crippen LogP contribution is 2.20. The Hall–Kier alpha value is -0.800. The predicted molar refractivity (Wildman–Crippen MR) is 74.0 cm³/mol. The highest BCUT2D eigenvalue weighted by molar-refractivity contribution is 9.10. The first-order valence-electron chi connectivity index (χ1n) is 5.29. The lowest BCUT2D eigenvalue weighted by Crippen LogP contribution is -2.21. The number of esters is 1. The summed E-state index contributed by atoms with van der Waals surface area (Å²) in [4.78, 5) is 11.3. The van der Waals surface area contributed by atoms with Crippen molar-refractivity contribution in [3.05, 3.63) is 42.5 Å². The fourth-order valence-electron chi connectivity index (χ4n) is 1.31. The molecule has 1 aromatic rings. The van der Waals surface area contributed by atoms with Gasteiger partial charge in [0, 0.05) is 5.88 Å². The molecule has 1 atom stereocenters. The Bertz CT molecular complexity index is 393. The van der Waals surface area contributed by atoms with Crippen LogP contribution in [0.3, 0.4) is 0 Å². The predicted octanol–water partition coefficient (Wildman–Crippen LogP) is 3.71. The zero-order chi connectivity index (χ0) is 12.7. The van der Waals surface area contributed by atoms with Crippen molar-refractivity contribution in [1.82, 2.24) is 0 Å². The van der Waals surface area contributed by atoms with Gasteiger partial charge in [0.25, 0.3) is 0 Å². The van der Waals surface area contributed by atoms with Gasteiger partial charge in [-0.25, -0.2) is 0 Å². The summed E-state index contributed by atoms with van der Waals surface area (Å²) in [5.74, 6) is 0.679. The number of hydrogen-bond donors (Lipinski definition) is 0. The molecule has 0 bridgehead atoms. The molecule has 0 saturated heterocycles. The van der Waals surface area contributed by atoms with E-state index in [0.29, 0.717) is 24.5 Å². The van der Waals surface area contributed by atoms with Gasteiger partial charge in [0.2, 0.25) is 0 Å². The summed E-state index contributed by atoms with van der Waals surface area (Å²) in [7, 11) is 0. The smallest absolute Gasteiger partial charge is 0.325 e. The molecule has 1 rings (SSSR count). The number of carbonyl (C=O) groups excluding carboxylic acids is 1. The first-order valence-corrected chi connectivity index (χ1v) is 6.74. The van der Waals surface area contributed by atoms with Gasteiger partial charge in [-0.05, 0) is 24.5 Å². The van der Waals surface area contributed by atoms with Crippen LogP contribution in [-0.4, -0.2) is 16.7 Å². The quantitative estimate of drug-likeness (QED) is 0.346. The molecule has 0 spiro atoms. The normalized spacial score (nSPS) is 11.9. The molecule has 0 aromatic heterocycles. The Kier molecular flexibility index (Phi) is 6.30. The lowest BCUT2D eigenvalue weighted by atomic mass is 10.1. The summed E-state index contributed by atoms with van der Waals surface area (Å²) in [6, 6.07) is 7.42. The second kappa shape index (κ2) is 7.51. The van der Waals surface area contributed by atoms with E-state index in [1.165, 1.54) is 0 Å². The number of ether oxygens (including phenoxy) is 1. The van der Waals surface area contributed by atoms with Crippen molar-refractivity contribution in [2.24, 2.45) is 0 Å². The monoisotopic (exact) mass is 316 g/mol. The molecular weight excluding hydrogens is 303 g/mol. The molecular formula is C13H14BrClO2. The van der Waals surface area contributed by atoms with Gasteiger partial charge in [-0.1, -0.05) is 40.2 Å². The molecule has 1 unspecified atom stereocenters. The highest BCUT2D eigenvalue weighted by Gasteiger charge is 2.17. The van der Waals surface area contributed by atoms with Crippen molar-refractivity contribution in [2.45, 2.75) is 17.7 Å². The van der Waals surface area contributed by atoms with E-state index in [2.05, 4.69) is 22.5 Å². The number of benzene rings is 1. The molecule has 0 N–H and O–H groups in total. The van der Waals surface area contributed by atoms with E-state index in [-0.39, 0.29) is 10.8 Å². The number of para-hydroxylation sites is 1. The minimum atomic E-state index is -0.364. The Labute approximate surface area is 115 Å². The number of allylic oxidation sites excluding steroid dienone is 1. The Morgan fingerprint density at radius 2 is 2.24 bits per heavy atom. The zero-order valence-electron chi connectivity index (χ0n) is 9.36. The Morgan fingerprint density at radius 1 is 1.53 bits per heavy atom. The van der Waals surface area contributed by atoms with E-state index in [4.69, 9.17) is 16.3 Å². The Morgan fingerprint density at radius 3 is 2.88 bits per heavy atom. The van der Waals surface area contributed by atoms with Gasteiger partial charge in [0.1, 0.15) is 10.6 Å². The minimum absolute atomic E-state index is 0.317. The van der Waals surface area contributed by atoms with E-state index >= 15 is 0 Å². The maximum atomic E-state index is 11.7. The average molecular weight is 318 g/mol. The largest absolute Gasteiger partial charge is 0.425 e. The molecule has 0 aliphatic carbocycles. The molecule has 1 aromatic carbocycles. The number of hydrogen-bond acceptors (Lipinski definition) is 2. The summed E-state index contributed by atoms with van der Waals surface area (Å²) in [6.07, 6.45) is 2.99. The summed E-state index contributed by atoms with van der Waals surface area (Å²) >= 11 is 8.82. The van der Waals surface area contributed by atoms with Gasteiger partial charge in [-0.2, -0.15) is 0 Å². The van der Waals surface area contributed by atoms with Gasteiger partial charge >= 0.3 is 5.97 Å². The van der Waals surface area contributed by atoms with Crippen molar-refractivity contribution in [3.8, 4) is 5.75 Å². The summed E-state index contributed by atoms with van der Waals surface area (Å²) in [6.45, 7) is 3.67. The van der Waals surface area contributed by atoms with E-state index in [0.717, 1.165) is 5.56 Å². The molecule has 0 amide bonds. The van der Waals surface area contributed by atoms with E-state index in [1.54, 1.807) is 12.1 Å². The van der Waals surface area contributed by atoms with Crippen LogP contribution in [0, 0.1) is 0 Å². The summed E-state index contributed by atoms with van der Waals surface area (Å²) in [5, 5.41) is 0. The van der Waals surface area contributed by atoms with Gasteiger partial charge < -0.3 is 4.74 Å². The number of alkyl halides is 2. The van der Waals surface area contributed by atoms with E-state index in [1.807, 2.05) is 18.2 Å². The van der Waals surface area contributed by atoms with Gasteiger partial charge in [0.05, 0.1) is 0 Å². The molecule has 2 nitrogen and oxygen atoms in total. The molecule has 0 fully saturated rings. The van der Waals surface area contributed by atoms with Crippen molar-refractivity contribution < 1.29 is 9.53 Å². The third-order valence-corrected chi connectivity index (χ3v) is 3.22. The summed E-state index contributed by atoms with van der Waals surface area (Å²) < 4.78 is 5.32. The van der Waals surface area contributed by atoms with Crippen molar-refractivity contribution >= 4 is 33.5 Å². The maximum Gasteiger partial charge on any atom is 0.325 e. The molecule has 0 aliphatic rings. The second-order valence-electron chi connectivity index (χ2n) is 3.47. The lowest BCUT2D eigenvalue weighted by molar-refractivity contribution is -0.133. The second-order valence-corrected chi connectivity index (χ2v) is 4.95. The van der Waals surface area contributed by atoms with Crippen LogP contribution in [0.5, 0.6) is 5.75 Å². The molecule has 0 saturated carbocycles. The molecule has 17 heavy (non-hydrogen) atoms. The van der Waals surface area contributed by atoms with Crippen LogP contribution in [0.25, 0.3) is 0 Å². The van der Waals surface area contributed by atoms with Gasteiger partial charge in [0.15, 0.2) is 0 Å². The SMILES string of the molecule is C=CCc1ccccc1OC(=O)C(Br)CCCl. The minimum Gasteiger partial charge on any atom is -0.425 e. The van der Waals surface area contributed by atoms with E-state index in [9.17, 15) is 4.79 Å². The van der Waals surface area contributed by atoms with Crippen LogP contribution in [0.2, 0.25) is 0 Å². The standard InChI is InChI=1S/C13H14BrClO2/c1-2-5-10-6-3-4-7-12(10)17-13(16)11(14)8-9-15/h2-4,6-7,11H,1,5,8-9H2. The van der Waals surface area contributed by atoms with Crippen LogP contribution in [0.4, 0.5) is 0 Å². The van der Waals surface area contributed by atoms with Gasteiger partial charge in [-0.15, -0.1) is 18.2 Å². The molecule has 4 heteroatoms. The van der Waals surface area contributed by atoms with E-state index < -0.39 is 0 Å². The fraction of sp³-hybridized carbons (Fsp3) is 0.308. The first kappa shape index (κ1) is 14.3. The third-order valence-electron chi connectivity index (χ3n) is 2.17. The number of halogens is 2. The third kappa shape index (κ3) is 4.52. The highest BCUT2D eigenvalue weighted by atomic mass is 79.9. The van der Waals surface area contributed by atoms with Crippen molar-refractivity contribution in [3.63, 3.8) is 0 Å². The number of rotatable bonds is 6. The number of carbonyl (C=O) groups is 1. The van der Waals surface area contributed by atoms with Crippen molar-refractivity contribution in [1.29, 1.82) is 0 Å². The van der Waals surface area contributed by atoms with Crippen LogP contribution < -0.4 is 4.74 Å². The Balaban J connectivity index is 2.73. The van der Waals surface area contributed by atoms with Crippen molar-refractivity contribution in [2.75, 3.05) is 5.88 Å². The molecule has 0 heterocycles. The van der Waals surface area contributed by atoms with Crippen LogP contribution in [-0.2, 0) is 11.2 Å². The average Bonchev–Trinajstić information content (AvgIpc) is 2.32. The molecule has 92 valence electrons. The van der Waals surface area contributed by atoms with Crippen LogP contribution in [0.15, 0.2) is 36.9 Å². The fourth-order valence-corrected chi connectivity index (χ4v) is 2.12. The van der Waals surface area contributed by atoms with Crippen LogP contribution in [0.1, 0.15) is 12.0 Å².